The molecule has 1 aromatic rings. The molecule has 0 aliphatic carbocycles. The number of aryl methyl sites for hydroxylation is 1. The van der Waals surface area contributed by atoms with Crippen molar-refractivity contribution < 1.29 is 9.59 Å². The molecule has 0 bridgehead atoms. The van der Waals surface area contributed by atoms with Gasteiger partial charge < -0.3 is 10.2 Å². The zero-order valence-corrected chi connectivity index (χ0v) is 13.2. The molecule has 1 aliphatic rings. The number of hydrogen-bond acceptors (Lipinski definition) is 2. The molecule has 4 nitrogen and oxygen atoms in total. The van der Waals surface area contributed by atoms with Crippen molar-refractivity contribution >= 4 is 40.1 Å². The smallest absolute Gasteiger partial charge is 0.229 e. The molecule has 5 heteroatoms. The Morgan fingerprint density at radius 2 is 2.26 bits per heavy atom. The normalized spacial score (nSPS) is 18.8. The Bertz CT molecular complexity index is 516. The second-order valence-electron chi connectivity index (χ2n) is 4.78. The molecule has 2 rings (SSSR count). The van der Waals surface area contributed by atoms with E-state index in [9.17, 15) is 9.59 Å². The van der Waals surface area contributed by atoms with Crippen LogP contribution in [0.3, 0.4) is 0 Å². The number of nitrogens with zero attached hydrogens (tertiary/aromatic N) is 1. The van der Waals surface area contributed by atoms with Gasteiger partial charge in [-0.1, -0.05) is 0 Å². The minimum atomic E-state index is -0.230. The Morgan fingerprint density at radius 3 is 2.84 bits per heavy atom. The van der Waals surface area contributed by atoms with Crippen molar-refractivity contribution in [2.75, 3.05) is 18.4 Å². The van der Waals surface area contributed by atoms with Gasteiger partial charge in [0.25, 0.3) is 0 Å². The van der Waals surface area contributed by atoms with Gasteiger partial charge in [0.05, 0.1) is 5.92 Å². The molecule has 1 aromatic carbocycles. The second kappa shape index (κ2) is 5.90. The van der Waals surface area contributed by atoms with Crippen LogP contribution in [0.4, 0.5) is 5.69 Å². The van der Waals surface area contributed by atoms with Gasteiger partial charge in [0.1, 0.15) is 0 Å². The van der Waals surface area contributed by atoms with Gasteiger partial charge in [0, 0.05) is 28.8 Å². The van der Waals surface area contributed by atoms with Crippen molar-refractivity contribution in [2.45, 2.75) is 20.3 Å². The van der Waals surface area contributed by atoms with Crippen LogP contribution < -0.4 is 5.32 Å². The van der Waals surface area contributed by atoms with Gasteiger partial charge in [-0.3, -0.25) is 9.59 Å². The van der Waals surface area contributed by atoms with Crippen LogP contribution in [0.15, 0.2) is 18.2 Å². The molecule has 102 valence electrons. The fourth-order valence-electron chi connectivity index (χ4n) is 2.26. The number of benzene rings is 1. The fraction of sp³-hybridized carbons (Fsp3) is 0.429. The van der Waals surface area contributed by atoms with Crippen LogP contribution in [-0.4, -0.2) is 29.8 Å². The topological polar surface area (TPSA) is 49.4 Å². The molecule has 0 spiro atoms. The van der Waals surface area contributed by atoms with E-state index in [2.05, 4.69) is 27.9 Å². The van der Waals surface area contributed by atoms with Crippen LogP contribution >= 0.6 is 22.6 Å². The van der Waals surface area contributed by atoms with Crippen LogP contribution in [0.5, 0.6) is 0 Å². The molecule has 1 heterocycles. The maximum atomic E-state index is 12.2. The quantitative estimate of drug-likeness (QED) is 0.829. The first-order chi connectivity index (χ1) is 9.01. The minimum absolute atomic E-state index is 0.0615. The van der Waals surface area contributed by atoms with E-state index >= 15 is 0 Å². The summed E-state index contributed by atoms with van der Waals surface area (Å²) in [4.78, 5) is 25.5. The molecule has 0 aromatic heterocycles. The summed E-state index contributed by atoms with van der Waals surface area (Å²) in [5, 5.41) is 2.92. The van der Waals surface area contributed by atoms with Gasteiger partial charge in [-0.15, -0.1) is 0 Å². The van der Waals surface area contributed by atoms with E-state index in [0.29, 0.717) is 19.5 Å². The van der Waals surface area contributed by atoms with E-state index in [0.717, 1.165) is 14.8 Å². The molecule has 1 N–H and O–H groups in total. The standard InChI is InChI=1S/C14H17IN2O2/c1-3-17-8-10(7-13(17)18)14(19)16-12-5-4-11(15)6-9(12)2/h4-6,10H,3,7-8H2,1-2H3,(H,16,19). The fourth-order valence-corrected chi connectivity index (χ4v) is 2.90. The van der Waals surface area contributed by atoms with Crippen LogP contribution in [0.25, 0.3) is 0 Å². The summed E-state index contributed by atoms with van der Waals surface area (Å²) >= 11 is 2.24. The lowest BCUT2D eigenvalue weighted by Gasteiger charge is -2.14. The Balaban J connectivity index is 2.04. The Hall–Kier alpha value is -1.11. The molecule has 1 unspecified atom stereocenters. The predicted molar refractivity (Wildman–Crippen MR) is 82.9 cm³/mol. The van der Waals surface area contributed by atoms with E-state index in [1.807, 2.05) is 32.0 Å². The van der Waals surface area contributed by atoms with Crippen LogP contribution in [-0.2, 0) is 9.59 Å². The van der Waals surface area contributed by atoms with Gasteiger partial charge in [-0.2, -0.15) is 0 Å². The monoisotopic (exact) mass is 372 g/mol. The van der Waals surface area contributed by atoms with Gasteiger partial charge in [-0.25, -0.2) is 0 Å². The lowest BCUT2D eigenvalue weighted by Crippen LogP contribution is -2.28. The van der Waals surface area contributed by atoms with Crippen molar-refractivity contribution in [1.29, 1.82) is 0 Å². The summed E-state index contributed by atoms with van der Waals surface area (Å²) in [6.07, 6.45) is 0.323. The largest absolute Gasteiger partial charge is 0.342 e. The van der Waals surface area contributed by atoms with E-state index < -0.39 is 0 Å². The third-order valence-corrected chi connectivity index (χ3v) is 4.08. The summed E-state index contributed by atoms with van der Waals surface area (Å²) in [7, 11) is 0. The SMILES string of the molecule is CCN1CC(C(=O)Nc2ccc(I)cc2C)CC1=O. The van der Waals surface area contributed by atoms with Crippen LogP contribution in [0.1, 0.15) is 18.9 Å². The first kappa shape index (κ1) is 14.3. The molecular formula is C14H17IN2O2. The molecule has 0 saturated carbocycles. The van der Waals surface area contributed by atoms with E-state index in [1.165, 1.54) is 0 Å². The number of halogens is 1. The van der Waals surface area contributed by atoms with Gasteiger partial charge in [0.2, 0.25) is 11.8 Å². The van der Waals surface area contributed by atoms with E-state index in [-0.39, 0.29) is 17.7 Å². The van der Waals surface area contributed by atoms with Gasteiger partial charge >= 0.3 is 0 Å². The molecule has 1 atom stereocenters. The summed E-state index contributed by atoms with van der Waals surface area (Å²) in [5.41, 5.74) is 1.87. The third kappa shape index (κ3) is 3.26. The minimum Gasteiger partial charge on any atom is -0.342 e. The predicted octanol–water partition coefficient (Wildman–Crippen LogP) is 2.41. The summed E-state index contributed by atoms with van der Waals surface area (Å²) in [6.45, 7) is 5.10. The van der Waals surface area contributed by atoms with Crippen molar-refractivity contribution in [3.8, 4) is 0 Å². The Kier molecular flexibility index (Phi) is 4.44. The lowest BCUT2D eigenvalue weighted by molar-refractivity contribution is -0.128. The number of nitrogens with one attached hydrogen (secondary N) is 1. The second-order valence-corrected chi connectivity index (χ2v) is 6.03. The molecule has 1 fully saturated rings. The summed E-state index contributed by atoms with van der Waals surface area (Å²) < 4.78 is 1.14. The van der Waals surface area contributed by atoms with E-state index in [4.69, 9.17) is 0 Å². The Labute approximate surface area is 126 Å². The molecule has 1 aliphatic heterocycles. The van der Waals surface area contributed by atoms with Crippen molar-refractivity contribution in [2.24, 2.45) is 5.92 Å². The number of amides is 2. The first-order valence-electron chi connectivity index (χ1n) is 6.36. The zero-order chi connectivity index (χ0) is 14.0. The summed E-state index contributed by atoms with van der Waals surface area (Å²) in [6, 6.07) is 5.89. The number of rotatable bonds is 3. The highest BCUT2D eigenvalue weighted by atomic mass is 127. The number of hydrogen-bond donors (Lipinski definition) is 1. The number of anilines is 1. The molecule has 19 heavy (non-hydrogen) atoms. The highest BCUT2D eigenvalue weighted by Crippen LogP contribution is 2.22. The van der Waals surface area contributed by atoms with Crippen LogP contribution in [0.2, 0.25) is 0 Å². The number of carbonyl (C=O) groups excluding carboxylic acids is 2. The van der Waals surface area contributed by atoms with Crippen molar-refractivity contribution in [3.63, 3.8) is 0 Å². The molecule has 1 saturated heterocycles. The number of likely N-dealkylation sites (tertiary alicyclic amines) is 1. The average molecular weight is 372 g/mol. The number of carbonyl (C=O) groups is 2. The first-order valence-corrected chi connectivity index (χ1v) is 7.44. The highest BCUT2D eigenvalue weighted by molar-refractivity contribution is 14.1. The molecular weight excluding hydrogens is 355 g/mol. The van der Waals surface area contributed by atoms with Gasteiger partial charge in [0.15, 0.2) is 0 Å². The Morgan fingerprint density at radius 1 is 1.53 bits per heavy atom. The van der Waals surface area contributed by atoms with Crippen LogP contribution in [0, 0.1) is 16.4 Å². The average Bonchev–Trinajstić information content (AvgIpc) is 2.74. The maximum absolute atomic E-state index is 12.2. The van der Waals surface area contributed by atoms with E-state index in [1.54, 1.807) is 4.90 Å². The highest BCUT2D eigenvalue weighted by Gasteiger charge is 2.33. The van der Waals surface area contributed by atoms with Crippen molar-refractivity contribution in [3.05, 3.63) is 27.3 Å². The third-order valence-electron chi connectivity index (χ3n) is 3.41. The molecule has 0 radical (unpaired) electrons. The van der Waals surface area contributed by atoms with Crippen molar-refractivity contribution in [1.82, 2.24) is 4.90 Å². The van der Waals surface area contributed by atoms with Gasteiger partial charge in [-0.05, 0) is 60.2 Å². The molecule has 2 amide bonds. The summed E-state index contributed by atoms with van der Waals surface area (Å²) in [5.74, 6) is -0.221. The zero-order valence-electron chi connectivity index (χ0n) is 11.1. The lowest BCUT2D eigenvalue weighted by atomic mass is 10.1. The maximum Gasteiger partial charge on any atom is 0.229 e.